The number of anilines is 3. The van der Waals surface area contributed by atoms with Crippen LogP contribution in [0.4, 0.5) is 17.1 Å². The van der Waals surface area contributed by atoms with Gasteiger partial charge in [-0.25, -0.2) is 0 Å². The van der Waals surface area contributed by atoms with E-state index < -0.39 is 0 Å². The van der Waals surface area contributed by atoms with Crippen LogP contribution in [0.25, 0.3) is 0 Å². The summed E-state index contributed by atoms with van der Waals surface area (Å²) in [6.07, 6.45) is 23.5. The molecule has 48 heavy (non-hydrogen) atoms. The Bertz CT molecular complexity index is 1620. The van der Waals surface area contributed by atoms with E-state index in [1.807, 2.05) is 0 Å². The van der Waals surface area contributed by atoms with Crippen molar-refractivity contribution in [2.75, 3.05) is 4.90 Å². The van der Waals surface area contributed by atoms with Gasteiger partial charge in [0.1, 0.15) is 0 Å². The van der Waals surface area contributed by atoms with Crippen molar-refractivity contribution in [3.8, 4) is 0 Å². The van der Waals surface area contributed by atoms with Gasteiger partial charge in [-0.3, -0.25) is 0 Å². The molecule has 10 rings (SSSR count). The van der Waals surface area contributed by atoms with Crippen LogP contribution in [0, 0.1) is 17.8 Å². The summed E-state index contributed by atoms with van der Waals surface area (Å²) >= 11 is 0. The molecule has 0 aliphatic heterocycles. The van der Waals surface area contributed by atoms with E-state index in [2.05, 4.69) is 108 Å². The summed E-state index contributed by atoms with van der Waals surface area (Å²) in [5.74, 6) is 3.65. The Kier molecular flexibility index (Phi) is 8.23. The van der Waals surface area contributed by atoms with Gasteiger partial charge in [0, 0.05) is 22.5 Å². The van der Waals surface area contributed by atoms with Gasteiger partial charge in [-0.05, 0) is 152 Å². The average Bonchev–Trinajstić information content (AvgIpc) is 3.40. The van der Waals surface area contributed by atoms with Crippen LogP contribution < -0.4 is 4.90 Å². The first kappa shape index (κ1) is 30.7. The first-order chi connectivity index (χ1) is 23.7. The van der Waals surface area contributed by atoms with Crippen LogP contribution in [0.1, 0.15) is 137 Å². The fourth-order valence-corrected chi connectivity index (χ4v) is 12.0. The molecule has 0 atom stereocenters. The highest BCUT2D eigenvalue weighted by molar-refractivity contribution is 5.77. The second-order valence-corrected chi connectivity index (χ2v) is 16.9. The Hall–Kier alpha value is -3.32. The Labute approximate surface area is 290 Å². The molecule has 0 radical (unpaired) electrons. The molecule has 6 saturated carbocycles. The molecule has 0 N–H and O–H groups in total. The lowest BCUT2D eigenvalue weighted by Gasteiger charge is -2.57. The summed E-state index contributed by atoms with van der Waals surface area (Å²) in [6.45, 7) is 0. The van der Waals surface area contributed by atoms with Crippen LogP contribution in [-0.4, -0.2) is 0 Å². The van der Waals surface area contributed by atoms with Gasteiger partial charge in [-0.1, -0.05) is 112 Å². The molecule has 1 nitrogen and oxygen atoms in total. The van der Waals surface area contributed by atoms with Crippen molar-refractivity contribution >= 4 is 17.1 Å². The first-order valence-corrected chi connectivity index (χ1v) is 19.8. The van der Waals surface area contributed by atoms with Gasteiger partial charge < -0.3 is 4.90 Å². The minimum atomic E-state index is 0.113. The van der Waals surface area contributed by atoms with Crippen LogP contribution in [0.5, 0.6) is 0 Å². The number of nitrogens with zero attached hydrogens (tertiary/aromatic N) is 1. The summed E-state index contributed by atoms with van der Waals surface area (Å²) in [5, 5.41) is 0. The van der Waals surface area contributed by atoms with Crippen molar-refractivity contribution in [3.63, 3.8) is 0 Å². The maximum Gasteiger partial charge on any atom is 0.0461 e. The maximum absolute atomic E-state index is 2.53. The van der Waals surface area contributed by atoms with E-state index in [4.69, 9.17) is 0 Å². The molecule has 0 amide bonds. The third-order valence-electron chi connectivity index (χ3n) is 14.0. The van der Waals surface area contributed by atoms with Gasteiger partial charge in [-0.2, -0.15) is 0 Å². The number of rotatable bonds is 7. The van der Waals surface area contributed by atoms with E-state index in [9.17, 15) is 0 Å². The summed E-state index contributed by atoms with van der Waals surface area (Å²) in [7, 11) is 0. The van der Waals surface area contributed by atoms with Crippen LogP contribution in [-0.2, 0) is 10.8 Å². The molecule has 6 aliphatic rings. The van der Waals surface area contributed by atoms with Gasteiger partial charge in [0.15, 0.2) is 0 Å². The van der Waals surface area contributed by atoms with E-state index in [0.717, 1.165) is 23.7 Å². The predicted octanol–water partition coefficient (Wildman–Crippen LogP) is 13.3. The van der Waals surface area contributed by atoms with Crippen molar-refractivity contribution in [1.82, 2.24) is 0 Å². The SMILES string of the molecule is c1ccc(C2(c3ccc(N(c4ccc(C5CCCCC5)cc4)c4ccc(C56CC7CC(CC(C7)C5)C6)cc4)cc3)CCCCCC2)cc1. The normalized spacial score (nSPS) is 28.2. The van der Waals surface area contributed by atoms with E-state index in [0.29, 0.717) is 5.41 Å². The lowest BCUT2D eigenvalue weighted by atomic mass is 9.48. The van der Waals surface area contributed by atoms with Crippen LogP contribution in [0.3, 0.4) is 0 Å². The maximum atomic E-state index is 2.53. The van der Waals surface area contributed by atoms with Crippen LogP contribution >= 0.6 is 0 Å². The molecule has 248 valence electrons. The molecule has 1 heteroatoms. The smallest absolute Gasteiger partial charge is 0.0461 e. The van der Waals surface area contributed by atoms with Gasteiger partial charge >= 0.3 is 0 Å². The van der Waals surface area contributed by atoms with Gasteiger partial charge in [0.25, 0.3) is 0 Å². The molecule has 6 aliphatic carbocycles. The molecular weight excluding hydrogens is 579 g/mol. The lowest BCUT2D eigenvalue weighted by molar-refractivity contribution is -0.00518. The molecular formula is C47H55N. The zero-order valence-corrected chi connectivity index (χ0v) is 29.1. The highest BCUT2D eigenvalue weighted by atomic mass is 15.1. The molecule has 0 spiro atoms. The number of hydrogen-bond acceptors (Lipinski definition) is 1. The molecule has 0 aromatic heterocycles. The number of benzene rings is 4. The third-order valence-corrected chi connectivity index (χ3v) is 14.0. The molecule has 4 bridgehead atoms. The topological polar surface area (TPSA) is 3.24 Å². The molecule has 4 aromatic rings. The summed E-state index contributed by atoms with van der Waals surface area (Å²) in [6, 6.07) is 40.8. The summed E-state index contributed by atoms with van der Waals surface area (Å²) < 4.78 is 0. The van der Waals surface area contributed by atoms with E-state index >= 15 is 0 Å². The van der Waals surface area contributed by atoms with E-state index in [-0.39, 0.29) is 5.41 Å². The Balaban J connectivity index is 1.07. The minimum Gasteiger partial charge on any atom is -0.311 e. The number of hydrogen-bond donors (Lipinski definition) is 0. The molecule has 0 heterocycles. The van der Waals surface area contributed by atoms with Crippen LogP contribution in [0.2, 0.25) is 0 Å². The summed E-state index contributed by atoms with van der Waals surface area (Å²) in [4.78, 5) is 2.53. The van der Waals surface area contributed by atoms with Crippen molar-refractivity contribution in [3.05, 3.63) is 125 Å². The van der Waals surface area contributed by atoms with E-state index in [1.165, 1.54) is 143 Å². The summed E-state index contributed by atoms with van der Waals surface area (Å²) in [5.41, 5.74) is 10.5. The van der Waals surface area contributed by atoms with Gasteiger partial charge in [0.05, 0.1) is 0 Å². The fourth-order valence-electron chi connectivity index (χ4n) is 12.0. The van der Waals surface area contributed by atoms with Crippen molar-refractivity contribution in [2.24, 2.45) is 17.8 Å². The highest BCUT2D eigenvalue weighted by Gasteiger charge is 2.51. The Morgan fingerprint density at radius 1 is 0.438 bits per heavy atom. The Morgan fingerprint density at radius 2 is 0.896 bits per heavy atom. The molecule has 0 saturated heterocycles. The van der Waals surface area contributed by atoms with Gasteiger partial charge in [-0.15, -0.1) is 0 Å². The van der Waals surface area contributed by atoms with Crippen molar-refractivity contribution in [2.45, 2.75) is 126 Å². The average molecular weight is 634 g/mol. The van der Waals surface area contributed by atoms with E-state index in [1.54, 1.807) is 5.56 Å². The zero-order valence-electron chi connectivity index (χ0n) is 29.1. The zero-order chi connectivity index (χ0) is 32.0. The van der Waals surface area contributed by atoms with Crippen molar-refractivity contribution in [1.29, 1.82) is 0 Å². The van der Waals surface area contributed by atoms with Crippen molar-refractivity contribution < 1.29 is 0 Å². The van der Waals surface area contributed by atoms with Gasteiger partial charge in [0.2, 0.25) is 0 Å². The second-order valence-electron chi connectivity index (χ2n) is 16.9. The minimum absolute atomic E-state index is 0.113. The third kappa shape index (κ3) is 5.64. The molecule has 4 aromatic carbocycles. The highest BCUT2D eigenvalue weighted by Crippen LogP contribution is 2.61. The standard InChI is InChI=1S/C47H55N/c1-2-10-28-47(27-9-1,41-13-7-4-8-14-41)42-19-25-45(26-20-42)48(43-21-15-39(16-22-43)38-11-5-3-6-12-38)44-23-17-40(18-24-44)46-32-35-29-36(33-46)31-37(30-35)34-46/h4,7-8,13-26,35-38H,1-3,5-6,9-12,27-34H2. The largest absolute Gasteiger partial charge is 0.311 e. The molecule has 6 fully saturated rings. The lowest BCUT2D eigenvalue weighted by Crippen LogP contribution is -2.48. The quantitative estimate of drug-likeness (QED) is 0.183. The Morgan fingerprint density at radius 3 is 1.44 bits per heavy atom. The predicted molar refractivity (Wildman–Crippen MR) is 202 cm³/mol. The van der Waals surface area contributed by atoms with Crippen LogP contribution in [0.15, 0.2) is 103 Å². The second kappa shape index (κ2) is 12.9. The first-order valence-electron chi connectivity index (χ1n) is 19.8. The fraction of sp³-hybridized carbons (Fsp3) is 0.489. The molecule has 0 unspecified atom stereocenters. The monoisotopic (exact) mass is 633 g/mol.